The quantitative estimate of drug-likeness (QED) is 0.564. The van der Waals surface area contributed by atoms with Gasteiger partial charge in [0.25, 0.3) is 5.91 Å². The molecule has 7 heteroatoms. The van der Waals surface area contributed by atoms with Gasteiger partial charge in [0.1, 0.15) is 0 Å². The van der Waals surface area contributed by atoms with Gasteiger partial charge in [-0.2, -0.15) is 0 Å². The van der Waals surface area contributed by atoms with Gasteiger partial charge in [-0.15, -0.1) is 0 Å². The molecule has 186 valence electrons. The van der Waals surface area contributed by atoms with E-state index in [1.54, 1.807) is 18.3 Å². The SMILES string of the molecule is O=Cc1ccc(N2CCC(CC3CCN(C(=O)C(O)(c4ccccn4)C4CC4)CC3)CC2)cc1Cl. The van der Waals surface area contributed by atoms with Crippen LogP contribution in [0.4, 0.5) is 5.69 Å². The van der Waals surface area contributed by atoms with Crippen LogP contribution in [0.1, 0.15) is 61.0 Å². The van der Waals surface area contributed by atoms with E-state index in [0.717, 1.165) is 63.6 Å². The Bertz CT molecular complexity index is 1040. The summed E-state index contributed by atoms with van der Waals surface area (Å²) >= 11 is 6.22. The Morgan fingerprint density at radius 1 is 1.03 bits per heavy atom. The maximum Gasteiger partial charge on any atom is 0.261 e. The third-order valence-electron chi connectivity index (χ3n) is 8.21. The molecule has 1 aliphatic carbocycles. The van der Waals surface area contributed by atoms with Crippen LogP contribution in [0, 0.1) is 17.8 Å². The molecule has 2 aliphatic heterocycles. The number of aromatic nitrogens is 1. The lowest BCUT2D eigenvalue weighted by atomic mass is 9.82. The number of carbonyl (C=O) groups excluding carboxylic acids is 2. The van der Waals surface area contributed by atoms with Crippen molar-refractivity contribution in [2.45, 2.75) is 50.5 Å². The van der Waals surface area contributed by atoms with Crippen LogP contribution in [-0.2, 0) is 10.4 Å². The second-order valence-corrected chi connectivity index (χ2v) is 10.9. The first-order valence-corrected chi connectivity index (χ1v) is 13.3. The van der Waals surface area contributed by atoms with Gasteiger partial charge in [0.2, 0.25) is 0 Å². The first-order chi connectivity index (χ1) is 17.0. The standard InChI is InChI=1S/C28H34ClN3O3/c29-25-18-24(7-4-22(25)19-33)31-13-8-20(9-14-31)17-21-10-15-32(16-11-21)27(34)28(35,23-5-6-23)26-3-1-2-12-30-26/h1-4,7,12,18-21,23,35H,5-6,8-11,13-17H2. The first-order valence-electron chi connectivity index (χ1n) is 12.9. The zero-order valence-corrected chi connectivity index (χ0v) is 20.9. The van der Waals surface area contributed by atoms with Crippen molar-refractivity contribution in [3.63, 3.8) is 0 Å². The van der Waals surface area contributed by atoms with E-state index in [2.05, 4.69) is 9.88 Å². The molecule has 0 bridgehead atoms. The minimum Gasteiger partial charge on any atom is -0.374 e. The van der Waals surface area contributed by atoms with Gasteiger partial charge in [0.15, 0.2) is 11.9 Å². The molecule has 1 atom stereocenters. The number of benzene rings is 1. The summed E-state index contributed by atoms with van der Waals surface area (Å²) in [5, 5.41) is 12.0. The molecule has 2 aromatic rings. The average molecular weight is 496 g/mol. The Hall–Kier alpha value is -2.44. The van der Waals surface area contributed by atoms with E-state index < -0.39 is 5.60 Å². The zero-order chi connectivity index (χ0) is 24.4. The lowest BCUT2D eigenvalue weighted by Crippen LogP contribution is -2.51. The van der Waals surface area contributed by atoms with Crippen molar-refractivity contribution in [2.24, 2.45) is 17.8 Å². The van der Waals surface area contributed by atoms with Crippen molar-refractivity contribution < 1.29 is 14.7 Å². The van der Waals surface area contributed by atoms with E-state index >= 15 is 0 Å². The van der Waals surface area contributed by atoms with Crippen LogP contribution in [0.2, 0.25) is 5.02 Å². The van der Waals surface area contributed by atoms with Crippen LogP contribution >= 0.6 is 11.6 Å². The molecule has 3 heterocycles. The van der Waals surface area contributed by atoms with Crippen LogP contribution in [0.3, 0.4) is 0 Å². The van der Waals surface area contributed by atoms with Crippen molar-refractivity contribution in [1.29, 1.82) is 0 Å². The number of pyridine rings is 1. The summed E-state index contributed by atoms with van der Waals surface area (Å²) in [5.41, 5.74) is 0.629. The number of aliphatic hydroxyl groups is 1. The minimum atomic E-state index is -1.48. The Balaban J connectivity index is 1.12. The summed E-state index contributed by atoms with van der Waals surface area (Å²) in [5.74, 6) is 1.14. The highest BCUT2D eigenvalue weighted by atomic mass is 35.5. The molecule has 0 radical (unpaired) electrons. The van der Waals surface area contributed by atoms with Gasteiger partial charge < -0.3 is 14.9 Å². The highest BCUT2D eigenvalue weighted by Crippen LogP contribution is 2.46. The third kappa shape index (κ3) is 5.10. The molecule has 1 unspecified atom stereocenters. The van der Waals surface area contributed by atoms with Crippen LogP contribution in [-0.4, -0.2) is 53.4 Å². The van der Waals surface area contributed by atoms with Crippen molar-refractivity contribution in [3.05, 3.63) is 58.9 Å². The topological polar surface area (TPSA) is 73.7 Å². The largest absolute Gasteiger partial charge is 0.374 e. The highest BCUT2D eigenvalue weighted by molar-refractivity contribution is 6.33. The zero-order valence-electron chi connectivity index (χ0n) is 20.1. The van der Waals surface area contributed by atoms with E-state index in [1.807, 2.05) is 29.2 Å². The van der Waals surface area contributed by atoms with Gasteiger partial charge >= 0.3 is 0 Å². The van der Waals surface area contributed by atoms with Crippen LogP contribution in [0.5, 0.6) is 0 Å². The summed E-state index contributed by atoms with van der Waals surface area (Å²) in [6.45, 7) is 3.42. The average Bonchev–Trinajstić information content (AvgIpc) is 3.75. The number of hydrogen-bond donors (Lipinski definition) is 1. The summed E-state index contributed by atoms with van der Waals surface area (Å²) in [7, 11) is 0. The summed E-state index contributed by atoms with van der Waals surface area (Å²) in [4.78, 5) is 33.0. The maximum atomic E-state index is 13.4. The molecular weight excluding hydrogens is 462 g/mol. The van der Waals surface area contributed by atoms with Gasteiger partial charge in [-0.1, -0.05) is 17.7 Å². The number of amides is 1. The Morgan fingerprint density at radius 2 is 1.71 bits per heavy atom. The van der Waals surface area contributed by atoms with Gasteiger partial charge in [-0.05, 0) is 87.1 Å². The summed E-state index contributed by atoms with van der Waals surface area (Å²) in [6, 6.07) is 11.1. The van der Waals surface area contributed by atoms with Crippen molar-refractivity contribution >= 4 is 29.5 Å². The van der Waals surface area contributed by atoms with Crippen molar-refractivity contribution in [1.82, 2.24) is 9.88 Å². The second-order valence-electron chi connectivity index (χ2n) is 10.5. The number of carbonyl (C=O) groups is 2. The van der Waals surface area contributed by atoms with Crippen LogP contribution in [0.15, 0.2) is 42.6 Å². The molecule has 1 aromatic carbocycles. The fraction of sp³-hybridized carbons (Fsp3) is 0.536. The number of hydrogen-bond acceptors (Lipinski definition) is 5. The molecule has 0 spiro atoms. The molecule has 2 saturated heterocycles. The van der Waals surface area contributed by atoms with E-state index in [4.69, 9.17) is 11.6 Å². The van der Waals surface area contributed by atoms with Crippen molar-refractivity contribution in [2.75, 3.05) is 31.1 Å². The fourth-order valence-electron chi connectivity index (χ4n) is 5.90. The molecule has 1 aromatic heterocycles. The molecule has 6 nitrogen and oxygen atoms in total. The normalized spacial score (nSPS) is 21.5. The summed E-state index contributed by atoms with van der Waals surface area (Å²) < 4.78 is 0. The lowest BCUT2D eigenvalue weighted by molar-refractivity contribution is -0.157. The molecular formula is C28H34ClN3O3. The predicted octanol–water partition coefficient (Wildman–Crippen LogP) is 4.69. The van der Waals surface area contributed by atoms with E-state index in [0.29, 0.717) is 41.2 Å². The second kappa shape index (κ2) is 10.3. The molecule has 1 amide bonds. The molecule has 3 fully saturated rings. The molecule has 3 aliphatic rings. The highest BCUT2D eigenvalue weighted by Gasteiger charge is 2.53. The molecule has 1 saturated carbocycles. The van der Waals surface area contributed by atoms with E-state index in [9.17, 15) is 14.7 Å². The summed E-state index contributed by atoms with van der Waals surface area (Å²) in [6.07, 6.45) is 9.69. The number of nitrogens with zero attached hydrogens (tertiary/aromatic N) is 3. The Morgan fingerprint density at radius 3 is 2.29 bits per heavy atom. The van der Waals surface area contributed by atoms with Gasteiger partial charge in [0, 0.05) is 49.5 Å². The first kappa shape index (κ1) is 24.3. The number of piperidine rings is 2. The number of anilines is 1. The predicted molar refractivity (Wildman–Crippen MR) is 137 cm³/mol. The van der Waals surface area contributed by atoms with Gasteiger partial charge in [0.05, 0.1) is 10.7 Å². The van der Waals surface area contributed by atoms with Crippen LogP contribution in [0.25, 0.3) is 0 Å². The number of likely N-dealkylation sites (tertiary alicyclic amines) is 1. The molecule has 5 rings (SSSR count). The van der Waals surface area contributed by atoms with Gasteiger partial charge in [-0.25, -0.2) is 0 Å². The number of halogens is 1. The van der Waals surface area contributed by atoms with E-state index in [-0.39, 0.29) is 11.8 Å². The van der Waals surface area contributed by atoms with Crippen molar-refractivity contribution in [3.8, 4) is 0 Å². The lowest BCUT2D eigenvalue weighted by Gasteiger charge is -2.39. The number of rotatable bonds is 7. The molecule has 35 heavy (non-hydrogen) atoms. The minimum absolute atomic E-state index is 0.0164. The maximum absolute atomic E-state index is 13.4. The third-order valence-corrected chi connectivity index (χ3v) is 8.54. The Labute approximate surface area is 212 Å². The van der Waals surface area contributed by atoms with Gasteiger partial charge in [-0.3, -0.25) is 14.6 Å². The molecule has 1 N–H and O–H groups in total. The Kier molecular flexibility index (Phi) is 7.12. The fourth-order valence-corrected chi connectivity index (χ4v) is 6.12. The number of aldehydes is 1. The smallest absolute Gasteiger partial charge is 0.261 e. The van der Waals surface area contributed by atoms with Crippen LogP contribution < -0.4 is 4.90 Å². The van der Waals surface area contributed by atoms with E-state index in [1.165, 1.54) is 6.42 Å². The monoisotopic (exact) mass is 495 g/mol.